The van der Waals surface area contributed by atoms with Crippen LogP contribution in [0.25, 0.3) is 0 Å². The molecule has 3 rings (SSSR count). The van der Waals surface area contributed by atoms with Crippen LogP contribution in [0.4, 0.5) is 16.2 Å². The normalized spacial score (nSPS) is 13.9. The molecule has 0 aliphatic carbocycles. The number of carbonyl (C=O) groups excluding carboxylic acids is 2. The highest BCUT2D eigenvalue weighted by Crippen LogP contribution is 2.20. The van der Waals surface area contributed by atoms with Crippen LogP contribution >= 0.6 is 0 Å². The Kier molecular flexibility index (Phi) is 6.53. The second-order valence-corrected chi connectivity index (χ2v) is 6.69. The SMILES string of the molecule is CCOC(=O)c1ccccc1NC(=O)N1CCN(c2ccc(CC)cc2)CC1. The van der Waals surface area contributed by atoms with E-state index in [1.54, 1.807) is 36.1 Å². The molecular formula is C22H27N3O3. The van der Waals surface area contributed by atoms with Crippen molar-refractivity contribution >= 4 is 23.4 Å². The molecule has 1 aliphatic heterocycles. The largest absolute Gasteiger partial charge is 0.462 e. The highest BCUT2D eigenvalue weighted by atomic mass is 16.5. The highest BCUT2D eigenvalue weighted by Gasteiger charge is 2.23. The number of nitrogens with zero attached hydrogens (tertiary/aromatic N) is 2. The molecule has 0 unspecified atom stereocenters. The number of ether oxygens (including phenoxy) is 1. The third-order valence-electron chi connectivity index (χ3n) is 4.94. The van der Waals surface area contributed by atoms with Crippen LogP contribution < -0.4 is 10.2 Å². The molecule has 0 atom stereocenters. The Morgan fingerprint density at radius 3 is 2.29 bits per heavy atom. The van der Waals surface area contributed by atoms with Crippen LogP contribution in [0.1, 0.15) is 29.8 Å². The molecule has 2 aromatic carbocycles. The van der Waals surface area contributed by atoms with Crippen molar-refractivity contribution in [2.75, 3.05) is 43.0 Å². The van der Waals surface area contributed by atoms with E-state index in [-0.39, 0.29) is 6.03 Å². The van der Waals surface area contributed by atoms with Crippen LogP contribution in [0.3, 0.4) is 0 Å². The van der Waals surface area contributed by atoms with Gasteiger partial charge in [0.05, 0.1) is 17.9 Å². The highest BCUT2D eigenvalue weighted by molar-refractivity contribution is 6.00. The molecule has 1 aliphatic rings. The van der Waals surface area contributed by atoms with Crippen LogP contribution in [0, 0.1) is 0 Å². The van der Waals surface area contributed by atoms with Gasteiger partial charge in [0.1, 0.15) is 0 Å². The van der Waals surface area contributed by atoms with Crippen LogP contribution in [0.15, 0.2) is 48.5 Å². The van der Waals surface area contributed by atoms with Crippen LogP contribution in [0.5, 0.6) is 0 Å². The molecule has 0 radical (unpaired) electrons. The molecule has 148 valence electrons. The lowest BCUT2D eigenvalue weighted by atomic mass is 10.1. The van der Waals surface area contributed by atoms with Gasteiger partial charge in [-0.2, -0.15) is 0 Å². The fraction of sp³-hybridized carbons (Fsp3) is 0.364. The Hall–Kier alpha value is -3.02. The fourth-order valence-corrected chi connectivity index (χ4v) is 3.28. The number of nitrogens with one attached hydrogen (secondary N) is 1. The molecule has 6 heteroatoms. The summed E-state index contributed by atoms with van der Waals surface area (Å²) in [6.07, 6.45) is 1.03. The van der Waals surface area contributed by atoms with E-state index in [0.29, 0.717) is 30.9 Å². The predicted molar refractivity (Wildman–Crippen MR) is 111 cm³/mol. The first kappa shape index (κ1) is 19.7. The summed E-state index contributed by atoms with van der Waals surface area (Å²) in [5.74, 6) is -0.432. The molecule has 1 saturated heterocycles. The first-order chi connectivity index (χ1) is 13.6. The van der Waals surface area contributed by atoms with Gasteiger partial charge in [0.15, 0.2) is 0 Å². The number of hydrogen-bond donors (Lipinski definition) is 1. The summed E-state index contributed by atoms with van der Waals surface area (Å²) in [7, 11) is 0. The lowest BCUT2D eigenvalue weighted by molar-refractivity contribution is 0.0527. The van der Waals surface area contributed by atoms with Gasteiger partial charge in [-0.15, -0.1) is 0 Å². The number of aryl methyl sites for hydroxylation is 1. The molecular weight excluding hydrogens is 354 g/mol. The fourth-order valence-electron chi connectivity index (χ4n) is 3.28. The summed E-state index contributed by atoms with van der Waals surface area (Å²) in [6, 6.07) is 15.3. The van der Waals surface area contributed by atoms with E-state index >= 15 is 0 Å². The Labute approximate surface area is 166 Å². The maximum atomic E-state index is 12.7. The van der Waals surface area contributed by atoms with Crippen molar-refractivity contribution in [3.05, 3.63) is 59.7 Å². The molecule has 1 N–H and O–H groups in total. The van der Waals surface area contributed by atoms with Gasteiger partial charge in [-0.25, -0.2) is 9.59 Å². The molecule has 0 aromatic heterocycles. The molecule has 28 heavy (non-hydrogen) atoms. The second kappa shape index (κ2) is 9.26. The van der Waals surface area contributed by atoms with Gasteiger partial charge in [-0.05, 0) is 43.2 Å². The minimum absolute atomic E-state index is 0.197. The van der Waals surface area contributed by atoms with Gasteiger partial charge in [0, 0.05) is 31.9 Å². The van der Waals surface area contributed by atoms with Gasteiger partial charge in [0.2, 0.25) is 0 Å². The van der Waals surface area contributed by atoms with Crippen molar-refractivity contribution in [3.8, 4) is 0 Å². The number of hydrogen-bond acceptors (Lipinski definition) is 4. The Bertz CT molecular complexity index is 812. The number of esters is 1. The van der Waals surface area contributed by atoms with Crippen molar-refractivity contribution in [2.24, 2.45) is 0 Å². The third-order valence-corrected chi connectivity index (χ3v) is 4.94. The zero-order valence-corrected chi connectivity index (χ0v) is 16.5. The molecule has 0 bridgehead atoms. The number of carbonyl (C=O) groups is 2. The van der Waals surface area contributed by atoms with Crippen LogP contribution in [-0.2, 0) is 11.2 Å². The van der Waals surface area contributed by atoms with Crippen molar-refractivity contribution in [1.82, 2.24) is 4.90 Å². The average Bonchev–Trinajstić information content (AvgIpc) is 2.74. The topological polar surface area (TPSA) is 61.9 Å². The van der Waals surface area contributed by atoms with E-state index < -0.39 is 5.97 Å². The molecule has 2 aromatic rings. The number of rotatable bonds is 5. The van der Waals surface area contributed by atoms with Gasteiger partial charge in [0.25, 0.3) is 0 Å². The molecule has 2 amide bonds. The summed E-state index contributed by atoms with van der Waals surface area (Å²) < 4.78 is 5.06. The molecule has 1 heterocycles. The summed E-state index contributed by atoms with van der Waals surface area (Å²) >= 11 is 0. The monoisotopic (exact) mass is 381 g/mol. The lowest BCUT2D eigenvalue weighted by Crippen LogP contribution is -2.50. The molecule has 0 saturated carbocycles. The molecule has 0 spiro atoms. The number of benzene rings is 2. The minimum Gasteiger partial charge on any atom is -0.462 e. The number of para-hydroxylation sites is 1. The standard InChI is InChI=1S/C22H27N3O3/c1-3-17-9-11-18(12-10-17)24-13-15-25(16-14-24)22(27)23-20-8-6-5-7-19(20)21(26)28-4-2/h5-12H,3-4,13-16H2,1-2H3,(H,23,27). The molecule has 6 nitrogen and oxygen atoms in total. The van der Waals surface area contributed by atoms with Crippen molar-refractivity contribution in [1.29, 1.82) is 0 Å². The quantitative estimate of drug-likeness (QED) is 0.801. The van der Waals surface area contributed by atoms with Crippen molar-refractivity contribution in [3.63, 3.8) is 0 Å². The van der Waals surface area contributed by atoms with Crippen molar-refractivity contribution in [2.45, 2.75) is 20.3 Å². The minimum atomic E-state index is -0.432. The Balaban J connectivity index is 1.59. The Morgan fingerprint density at radius 2 is 1.64 bits per heavy atom. The summed E-state index contributed by atoms with van der Waals surface area (Å²) in [5, 5.41) is 2.86. The number of amides is 2. The summed E-state index contributed by atoms with van der Waals surface area (Å²) in [6.45, 7) is 7.01. The summed E-state index contributed by atoms with van der Waals surface area (Å²) in [5.41, 5.74) is 3.35. The first-order valence-electron chi connectivity index (χ1n) is 9.78. The van der Waals surface area contributed by atoms with Crippen LogP contribution in [-0.4, -0.2) is 49.7 Å². The van der Waals surface area contributed by atoms with E-state index in [1.807, 2.05) is 0 Å². The zero-order chi connectivity index (χ0) is 19.9. The first-order valence-corrected chi connectivity index (χ1v) is 9.78. The van der Waals surface area contributed by atoms with E-state index in [9.17, 15) is 9.59 Å². The van der Waals surface area contributed by atoms with E-state index in [1.165, 1.54) is 11.3 Å². The Morgan fingerprint density at radius 1 is 0.964 bits per heavy atom. The molecule has 1 fully saturated rings. The van der Waals surface area contributed by atoms with E-state index in [4.69, 9.17) is 4.74 Å². The van der Waals surface area contributed by atoms with Gasteiger partial charge in [-0.1, -0.05) is 31.2 Å². The number of anilines is 2. The second-order valence-electron chi connectivity index (χ2n) is 6.69. The lowest BCUT2D eigenvalue weighted by Gasteiger charge is -2.36. The maximum Gasteiger partial charge on any atom is 0.340 e. The van der Waals surface area contributed by atoms with Crippen molar-refractivity contribution < 1.29 is 14.3 Å². The van der Waals surface area contributed by atoms with E-state index in [2.05, 4.69) is 41.4 Å². The number of urea groups is 1. The third kappa shape index (κ3) is 4.63. The zero-order valence-electron chi connectivity index (χ0n) is 16.5. The average molecular weight is 381 g/mol. The maximum absolute atomic E-state index is 12.7. The van der Waals surface area contributed by atoms with Gasteiger partial charge in [-0.3, -0.25) is 0 Å². The van der Waals surface area contributed by atoms with Gasteiger partial charge >= 0.3 is 12.0 Å². The van der Waals surface area contributed by atoms with E-state index in [0.717, 1.165) is 19.5 Å². The summed E-state index contributed by atoms with van der Waals surface area (Å²) in [4.78, 5) is 28.8. The smallest absolute Gasteiger partial charge is 0.340 e. The van der Waals surface area contributed by atoms with Crippen LogP contribution in [0.2, 0.25) is 0 Å². The number of piperazine rings is 1. The predicted octanol–water partition coefficient (Wildman–Crippen LogP) is 3.78. The van der Waals surface area contributed by atoms with Gasteiger partial charge < -0.3 is 19.9 Å².